The first-order valence-corrected chi connectivity index (χ1v) is 5.71. The van der Waals surface area contributed by atoms with Gasteiger partial charge in [0.15, 0.2) is 0 Å². The number of nitrogen functional groups attached to an aromatic ring is 1. The summed E-state index contributed by atoms with van der Waals surface area (Å²) < 4.78 is 5.28. The second-order valence-corrected chi connectivity index (χ2v) is 4.32. The molecular weight excluding hydrogens is 216 g/mol. The Bertz CT molecular complexity index is 377. The van der Waals surface area contributed by atoms with Crippen LogP contribution in [0, 0.1) is 5.92 Å². The fourth-order valence-electron chi connectivity index (χ4n) is 1.58. The minimum atomic E-state index is -0.161. The van der Waals surface area contributed by atoms with Crippen molar-refractivity contribution >= 4 is 11.6 Å². The van der Waals surface area contributed by atoms with E-state index in [4.69, 9.17) is 10.5 Å². The van der Waals surface area contributed by atoms with Crippen molar-refractivity contribution in [2.75, 3.05) is 19.4 Å². The summed E-state index contributed by atoms with van der Waals surface area (Å²) in [5.74, 6) is 0.194. The van der Waals surface area contributed by atoms with E-state index in [9.17, 15) is 4.79 Å². The quantitative estimate of drug-likeness (QED) is 0.764. The summed E-state index contributed by atoms with van der Waals surface area (Å²) >= 11 is 0. The number of nitrogens with one attached hydrogen (secondary N) is 1. The van der Waals surface area contributed by atoms with Crippen LogP contribution < -0.4 is 11.1 Å². The third-order valence-electron chi connectivity index (χ3n) is 2.72. The Kier molecular flexibility index (Phi) is 4.97. The maximum Gasteiger partial charge on any atom is 0.253 e. The van der Waals surface area contributed by atoms with Crippen LogP contribution >= 0.6 is 0 Å². The maximum absolute atomic E-state index is 11.9. The highest BCUT2D eigenvalue weighted by Gasteiger charge is 2.15. The summed E-state index contributed by atoms with van der Waals surface area (Å²) in [6.07, 6.45) is 0.0175. The lowest BCUT2D eigenvalue weighted by Crippen LogP contribution is -2.36. The fourth-order valence-corrected chi connectivity index (χ4v) is 1.58. The van der Waals surface area contributed by atoms with Gasteiger partial charge in [0.1, 0.15) is 0 Å². The SMILES string of the molecule is COC(CNC(=O)c1ccccc1N)C(C)C. The van der Waals surface area contributed by atoms with Gasteiger partial charge < -0.3 is 15.8 Å². The number of carbonyl (C=O) groups is 1. The summed E-state index contributed by atoms with van der Waals surface area (Å²) in [4.78, 5) is 11.9. The molecule has 0 radical (unpaired) electrons. The van der Waals surface area contributed by atoms with Crippen molar-refractivity contribution < 1.29 is 9.53 Å². The summed E-state index contributed by atoms with van der Waals surface area (Å²) in [6.45, 7) is 4.59. The van der Waals surface area contributed by atoms with Gasteiger partial charge in [0.05, 0.1) is 11.7 Å². The van der Waals surface area contributed by atoms with Gasteiger partial charge in [-0.1, -0.05) is 26.0 Å². The van der Waals surface area contributed by atoms with Crippen LogP contribution in [0.15, 0.2) is 24.3 Å². The fraction of sp³-hybridized carbons (Fsp3) is 0.462. The van der Waals surface area contributed by atoms with Crippen LogP contribution in [-0.2, 0) is 4.74 Å². The zero-order chi connectivity index (χ0) is 12.8. The molecule has 0 aliphatic heterocycles. The van der Waals surface area contributed by atoms with Crippen LogP contribution in [0.3, 0.4) is 0 Å². The van der Waals surface area contributed by atoms with Crippen LogP contribution in [0.1, 0.15) is 24.2 Å². The Morgan fingerprint density at radius 1 is 1.41 bits per heavy atom. The molecule has 0 heterocycles. The highest BCUT2D eigenvalue weighted by atomic mass is 16.5. The number of para-hydroxylation sites is 1. The minimum Gasteiger partial charge on any atom is -0.398 e. The Morgan fingerprint density at radius 2 is 2.06 bits per heavy atom. The lowest BCUT2D eigenvalue weighted by Gasteiger charge is -2.19. The van der Waals surface area contributed by atoms with Crippen molar-refractivity contribution in [1.82, 2.24) is 5.32 Å². The normalized spacial score (nSPS) is 12.5. The number of ether oxygens (including phenoxy) is 1. The van der Waals surface area contributed by atoms with Gasteiger partial charge >= 0.3 is 0 Å². The van der Waals surface area contributed by atoms with Crippen LogP contribution in [0.25, 0.3) is 0 Å². The third kappa shape index (κ3) is 3.75. The standard InChI is InChI=1S/C13H20N2O2/c1-9(2)12(17-3)8-15-13(16)10-6-4-5-7-11(10)14/h4-7,9,12H,8,14H2,1-3H3,(H,15,16). The molecule has 4 nitrogen and oxygen atoms in total. The number of carbonyl (C=O) groups excluding carboxylic acids is 1. The molecule has 0 fully saturated rings. The van der Waals surface area contributed by atoms with Gasteiger partial charge in [0, 0.05) is 19.3 Å². The first kappa shape index (κ1) is 13.5. The molecule has 3 N–H and O–H groups in total. The summed E-state index contributed by atoms with van der Waals surface area (Å²) in [5, 5.41) is 2.83. The monoisotopic (exact) mass is 236 g/mol. The molecule has 0 aliphatic carbocycles. The molecule has 17 heavy (non-hydrogen) atoms. The molecule has 0 saturated carbocycles. The number of rotatable bonds is 5. The number of methoxy groups -OCH3 is 1. The molecule has 4 heteroatoms. The average molecular weight is 236 g/mol. The number of hydrogen-bond acceptors (Lipinski definition) is 3. The Hall–Kier alpha value is -1.55. The van der Waals surface area contributed by atoms with Gasteiger partial charge in [0.25, 0.3) is 5.91 Å². The Balaban J connectivity index is 2.59. The molecule has 0 saturated heterocycles. The molecule has 1 aromatic carbocycles. The Labute approximate surface area is 102 Å². The second-order valence-electron chi connectivity index (χ2n) is 4.32. The van der Waals surface area contributed by atoms with Crippen molar-refractivity contribution in [3.63, 3.8) is 0 Å². The molecule has 94 valence electrons. The number of anilines is 1. The van der Waals surface area contributed by atoms with Gasteiger partial charge in [-0.05, 0) is 18.1 Å². The molecule has 1 rings (SSSR count). The van der Waals surface area contributed by atoms with E-state index >= 15 is 0 Å². The zero-order valence-electron chi connectivity index (χ0n) is 10.6. The van der Waals surface area contributed by atoms with Gasteiger partial charge in [-0.2, -0.15) is 0 Å². The summed E-state index contributed by atoms with van der Waals surface area (Å²) in [7, 11) is 1.65. The lowest BCUT2D eigenvalue weighted by molar-refractivity contribution is 0.0605. The van der Waals surface area contributed by atoms with Crippen LogP contribution in [0.4, 0.5) is 5.69 Å². The molecule has 0 bridgehead atoms. The first-order valence-electron chi connectivity index (χ1n) is 5.71. The van der Waals surface area contributed by atoms with Gasteiger partial charge in [-0.3, -0.25) is 4.79 Å². The smallest absolute Gasteiger partial charge is 0.253 e. The van der Waals surface area contributed by atoms with Gasteiger partial charge in [-0.15, -0.1) is 0 Å². The second kappa shape index (κ2) is 6.25. The van der Waals surface area contributed by atoms with Crippen LogP contribution in [-0.4, -0.2) is 25.7 Å². The van der Waals surface area contributed by atoms with Crippen molar-refractivity contribution in [3.8, 4) is 0 Å². The maximum atomic E-state index is 11.9. The van der Waals surface area contributed by atoms with E-state index < -0.39 is 0 Å². The van der Waals surface area contributed by atoms with Gasteiger partial charge in [0.2, 0.25) is 0 Å². The average Bonchev–Trinajstić information content (AvgIpc) is 2.29. The van der Waals surface area contributed by atoms with Crippen molar-refractivity contribution in [2.24, 2.45) is 5.92 Å². The van der Waals surface area contributed by atoms with Crippen LogP contribution in [0.2, 0.25) is 0 Å². The van der Waals surface area contributed by atoms with E-state index in [2.05, 4.69) is 19.2 Å². The predicted molar refractivity (Wildman–Crippen MR) is 68.8 cm³/mol. The van der Waals surface area contributed by atoms with E-state index in [1.165, 1.54) is 0 Å². The molecular formula is C13H20N2O2. The lowest BCUT2D eigenvalue weighted by atomic mass is 10.1. The molecule has 1 unspecified atom stereocenters. The number of amides is 1. The zero-order valence-corrected chi connectivity index (χ0v) is 10.6. The predicted octanol–water partition coefficient (Wildman–Crippen LogP) is 1.67. The number of hydrogen-bond donors (Lipinski definition) is 2. The third-order valence-corrected chi connectivity index (χ3v) is 2.72. The van der Waals surface area contributed by atoms with Crippen molar-refractivity contribution in [1.29, 1.82) is 0 Å². The molecule has 0 aromatic heterocycles. The molecule has 1 atom stereocenters. The minimum absolute atomic E-state index is 0.0175. The van der Waals surface area contributed by atoms with Gasteiger partial charge in [-0.25, -0.2) is 0 Å². The summed E-state index contributed by atoms with van der Waals surface area (Å²) in [6, 6.07) is 7.02. The van der Waals surface area contributed by atoms with E-state index in [0.717, 1.165) is 0 Å². The molecule has 0 spiro atoms. The van der Waals surface area contributed by atoms with Crippen molar-refractivity contribution in [2.45, 2.75) is 20.0 Å². The van der Waals surface area contributed by atoms with E-state index in [0.29, 0.717) is 23.7 Å². The van der Waals surface area contributed by atoms with E-state index in [1.807, 2.05) is 0 Å². The van der Waals surface area contributed by atoms with E-state index in [1.54, 1.807) is 31.4 Å². The van der Waals surface area contributed by atoms with E-state index in [-0.39, 0.29) is 12.0 Å². The topological polar surface area (TPSA) is 64.3 Å². The highest BCUT2D eigenvalue weighted by molar-refractivity contribution is 5.99. The van der Waals surface area contributed by atoms with Crippen LogP contribution in [0.5, 0.6) is 0 Å². The Morgan fingerprint density at radius 3 is 2.59 bits per heavy atom. The summed E-state index contributed by atoms with van der Waals surface area (Å²) in [5.41, 5.74) is 6.72. The number of benzene rings is 1. The molecule has 0 aliphatic rings. The number of nitrogens with two attached hydrogens (primary N) is 1. The first-order chi connectivity index (χ1) is 8.06. The highest BCUT2D eigenvalue weighted by Crippen LogP contribution is 2.10. The largest absolute Gasteiger partial charge is 0.398 e. The molecule has 1 amide bonds. The van der Waals surface area contributed by atoms with Crippen molar-refractivity contribution in [3.05, 3.63) is 29.8 Å². The molecule has 1 aromatic rings.